The van der Waals surface area contributed by atoms with Gasteiger partial charge in [-0.2, -0.15) is 0 Å². The van der Waals surface area contributed by atoms with Gasteiger partial charge in [-0.05, 0) is 12.8 Å². The third-order valence-electron chi connectivity index (χ3n) is 2.14. The maximum Gasteiger partial charge on any atom is 0.318 e. The number of hydrogen-bond donors (Lipinski definition) is 2. The van der Waals surface area contributed by atoms with E-state index in [1.807, 2.05) is 6.92 Å². The highest BCUT2D eigenvalue weighted by Crippen LogP contribution is 2.16. The van der Waals surface area contributed by atoms with Crippen LogP contribution in [0.2, 0.25) is 0 Å². The average Bonchev–Trinajstić information content (AvgIpc) is 1.97. The number of nitrogens with zero attached hydrogens (tertiary/aromatic N) is 1. The number of amides is 3. The Bertz CT molecular complexity index is 217. The highest BCUT2D eigenvalue weighted by atomic mass is 16.2. The van der Waals surface area contributed by atoms with Crippen LogP contribution in [0.15, 0.2) is 0 Å². The molecule has 1 saturated heterocycles. The number of nitrogens with one attached hydrogen (secondary N) is 1. The minimum Gasteiger partial charge on any atom is -0.368 e. The smallest absolute Gasteiger partial charge is 0.318 e. The van der Waals surface area contributed by atoms with Gasteiger partial charge in [-0.1, -0.05) is 6.92 Å². The lowest BCUT2D eigenvalue weighted by molar-refractivity contribution is -0.125. The minimum atomic E-state index is -0.419. The predicted octanol–water partition coefficient (Wildman–Crippen LogP) is -0.334. The van der Waals surface area contributed by atoms with E-state index >= 15 is 0 Å². The van der Waals surface area contributed by atoms with Crippen molar-refractivity contribution in [3.63, 3.8) is 0 Å². The highest BCUT2D eigenvalue weighted by molar-refractivity contribution is 5.87. The molecule has 3 N–H and O–H groups in total. The molecule has 1 atom stereocenters. The fourth-order valence-electron chi connectivity index (χ4n) is 1.26. The van der Waals surface area contributed by atoms with E-state index in [0.717, 1.165) is 6.42 Å². The molecule has 1 fully saturated rings. The summed E-state index contributed by atoms with van der Waals surface area (Å²) in [6, 6.07) is -0.575. The van der Waals surface area contributed by atoms with Gasteiger partial charge >= 0.3 is 6.03 Å². The molecule has 3 amide bonds. The molecule has 0 aromatic rings. The fourth-order valence-corrected chi connectivity index (χ4v) is 1.26. The van der Waals surface area contributed by atoms with Crippen molar-refractivity contribution in [1.82, 2.24) is 10.2 Å². The van der Waals surface area contributed by atoms with Crippen LogP contribution >= 0.6 is 0 Å². The molecule has 0 saturated carbocycles. The SMILES string of the molecule is CCCNC(=O)N1CCC1C(N)=O. The zero-order valence-corrected chi connectivity index (χ0v) is 7.75. The lowest BCUT2D eigenvalue weighted by Crippen LogP contribution is -2.59. The van der Waals surface area contributed by atoms with E-state index in [1.165, 1.54) is 4.90 Å². The Hall–Kier alpha value is -1.26. The van der Waals surface area contributed by atoms with E-state index in [2.05, 4.69) is 5.32 Å². The first-order valence-electron chi connectivity index (χ1n) is 4.50. The number of urea groups is 1. The maximum atomic E-state index is 11.3. The molecule has 5 heteroatoms. The van der Waals surface area contributed by atoms with E-state index in [-0.39, 0.29) is 6.03 Å². The summed E-state index contributed by atoms with van der Waals surface area (Å²) in [5.74, 6) is -0.419. The van der Waals surface area contributed by atoms with Gasteiger partial charge in [0, 0.05) is 13.1 Å². The minimum absolute atomic E-state index is 0.183. The highest BCUT2D eigenvalue weighted by Gasteiger charge is 2.35. The zero-order chi connectivity index (χ0) is 9.84. The van der Waals surface area contributed by atoms with Gasteiger partial charge in [0.05, 0.1) is 0 Å². The first-order valence-corrected chi connectivity index (χ1v) is 4.50. The second kappa shape index (κ2) is 4.11. The van der Waals surface area contributed by atoms with Crippen molar-refractivity contribution in [2.75, 3.05) is 13.1 Å². The van der Waals surface area contributed by atoms with Crippen LogP contribution in [0.25, 0.3) is 0 Å². The summed E-state index contributed by atoms with van der Waals surface area (Å²) in [6.45, 7) is 3.24. The maximum absolute atomic E-state index is 11.3. The van der Waals surface area contributed by atoms with Crippen molar-refractivity contribution in [1.29, 1.82) is 0 Å². The lowest BCUT2D eigenvalue weighted by atomic mass is 10.0. The van der Waals surface area contributed by atoms with Crippen LogP contribution < -0.4 is 11.1 Å². The van der Waals surface area contributed by atoms with Crippen LogP contribution in [0.3, 0.4) is 0 Å². The van der Waals surface area contributed by atoms with Crippen LogP contribution in [-0.2, 0) is 4.79 Å². The van der Waals surface area contributed by atoms with E-state index in [0.29, 0.717) is 19.5 Å². The second-order valence-electron chi connectivity index (χ2n) is 3.13. The Morgan fingerprint density at radius 3 is 2.69 bits per heavy atom. The molecule has 0 aromatic carbocycles. The molecule has 0 radical (unpaired) electrons. The Labute approximate surface area is 77.3 Å². The van der Waals surface area contributed by atoms with Crippen molar-refractivity contribution < 1.29 is 9.59 Å². The molecular weight excluding hydrogens is 170 g/mol. The van der Waals surface area contributed by atoms with Crippen molar-refractivity contribution in [3.8, 4) is 0 Å². The second-order valence-corrected chi connectivity index (χ2v) is 3.13. The van der Waals surface area contributed by atoms with E-state index in [1.54, 1.807) is 0 Å². The number of nitrogens with two attached hydrogens (primary N) is 1. The molecule has 0 spiro atoms. The van der Waals surface area contributed by atoms with Crippen LogP contribution in [-0.4, -0.2) is 36.0 Å². The van der Waals surface area contributed by atoms with E-state index in [4.69, 9.17) is 5.73 Å². The molecule has 5 nitrogen and oxygen atoms in total. The van der Waals surface area contributed by atoms with Crippen molar-refractivity contribution in [3.05, 3.63) is 0 Å². The first kappa shape index (κ1) is 9.83. The van der Waals surface area contributed by atoms with Crippen LogP contribution in [0.1, 0.15) is 19.8 Å². The quantitative estimate of drug-likeness (QED) is 0.631. The zero-order valence-electron chi connectivity index (χ0n) is 7.75. The number of carbonyl (C=O) groups excluding carboxylic acids is 2. The molecule has 1 unspecified atom stereocenters. The monoisotopic (exact) mass is 185 g/mol. The van der Waals surface area contributed by atoms with Crippen LogP contribution in [0, 0.1) is 0 Å². The molecule has 1 rings (SSSR count). The van der Waals surface area contributed by atoms with Crippen molar-refractivity contribution in [2.24, 2.45) is 5.73 Å². The first-order chi connectivity index (χ1) is 6.16. The Morgan fingerprint density at radius 1 is 1.62 bits per heavy atom. The molecule has 1 heterocycles. The van der Waals surface area contributed by atoms with Crippen molar-refractivity contribution in [2.45, 2.75) is 25.8 Å². The average molecular weight is 185 g/mol. The molecule has 74 valence electrons. The van der Waals surface area contributed by atoms with Gasteiger partial charge in [0.1, 0.15) is 6.04 Å². The van der Waals surface area contributed by atoms with Gasteiger partial charge in [0.2, 0.25) is 5.91 Å². The number of rotatable bonds is 3. The summed E-state index contributed by atoms with van der Waals surface area (Å²) in [5.41, 5.74) is 5.09. The summed E-state index contributed by atoms with van der Waals surface area (Å²) in [7, 11) is 0. The summed E-state index contributed by atoms with van der Waals surface area (Å²) >= 11 is 0. The molecular formula is C8H15N3O2. The largest absolute Gasteiger partial charge is 0.368 e. The topological polar surface area (TPSA) is 75.4 Å². The summed E-state index contributed by atoms with van der Waals surface area (Å²) in [5, 5.41) is 2.70. The third kappa shape index (κ3) is 2.11. The Balaban J connectivity index is 2.35. The fraction of sp³-hybridized carbons (Fsp3) is 0.750. The van der Waals surface area contributed by atoms with Crippen molar-refractivity contribution >= 4 is 11.9 Å². The normalized spacial score (nSPS) is 20.7. The summed E-state index contributed by atoms with van der Waals surface area (Å²) in [6.07, 6.45) is 1.58. The Morgan fingerprint density at radius 2 is 2.31 bits per heavy atom. The van der Waals surface area contributed by atoms with Gasteiger partial charge in [0.25, 0.3) is 0 Å². The number of primary amides is 1. The predicted molar refractivity (Wildman–Crippen MR) is 48.0 cm³/mol. The summed E-state index contributed by atoms with van der Waals surface area (Å²) in [4.78, 5) is 23.5. The standard InChI is InChI=1S/C8H15N3O2/c1-2-4-10-8(13)11-5-3-6(11)7(9)12/h6H,2-5H2,1H3,(H2,9,12)(H,10,13). The van der Waals surface area contributed by atoms with Gasteiger partial charge in [0.15, 0.2) is 0 Å². The molecule has 0 aliphatic carbocycles. The van der Waals surface area contributed by atoms with Crippen LogP contribution in [0.4, 0.5) is 4.79 Å². The van der Waals surface area contributed by atoms with E-state index in [9.17, 15) is 9.59 Å². The van der Waals surface area contributed by atoms with Gasteiger partial charge < -0.3 is 16.0 Å². The Kier molecular flexibility index (Phi) is 3.11. The number of carbonyl (C=O) groups is 2. The summed E-state index contributed by atoms with van der Waals surface area (Å²) < 4.78 is 0. The van der Waals surface area contributed by atoms with E-state index < -0.39 is 11.9 Å². The molecule has 13 heavy (non-hydrogen) atoms. The van der Waals surface area contributed by atoms with Gasteiger partial charge in [-0.3, -0.25) is 4.79 Å². The molecule has 1 aliphatic heterocycles. The third-order valence-corrected chi connectivity index (χ3v) is 2.14. The number of hydrogen-bond acceptors (Lipinski definition) is 2. The number of likely N-dealkylation sites (tertiary alicyclic amines) is 1. The molecule has 0 bridgehead atoms. The lowest BCUT2D eigenvalue weighted by Gasteiger charge is -2.38. The van der Waals surface area contributed by atoms with Gasteiger partial charge in [-0.25, -0.2) is 4.79 Å². The molecule has 0 aromatic heterocycles. The molecule has 1 aliphatic rings. The van der Waals surface area contributed by atoms with Gasteiger partial charge in [-0.15, -0.1) is 0 Å². The van der Waals surface area contributed by atoms with Crippen LogP contribution in [0.5, 0.6) is 0 Å².